The lowest BCUT2D eigenvalue weighted by atomic mass is 9.96. The van der Waals surface area contributed by atoms with Crippen LogP contribution in [0, 0.1) is 0 Å². The fourth-order valence-electron chi connectivity index (χ4n) is 1.84. The largest absolute Gasteiger partial charge is 0.385 e. The van der Waals surface area contributed by atoms with E-state index in [0.717, 1.165) is 36.6 Å². The van der Waals surface area contributed by atoms with Crippen LogP contribution in [0.25, 0.3) is 0 Å². The summed E-state index contributed by atoms with van der Waals surface area (Å²) in [5.41, 5.74) is 6.92. The van der Waals surface area contributed by atoms with Crippen molar-refractivity contribution >= 4 is 11.6 Å². The van der Waals surface area contributed by atoms with Gasteiger partial charge in [-0.3, -0.25) is 0 Å². The fraction of sp³-hybridized carbons (Fsp3) is 0.571. The van der Waals surface area contributed by atoms with E-state index in [2.05, 4.69) is 0 Å². The zero-order valence-electron chi connectivity index (χ0n) is 10.9. The van der Waals surface area contributed by atoms with Gasteiger partial charge >= 0.3 is 0 Å². The molecule has 0 aromatic heterocycles. The molecule has 2 N–H and O–H groups in total. The topological polar surface area (TPSA) is 44.5 Å². The Morgan fingerprint density at radius 2 is 2.00 bits per heavy atom. The van der Waals surface area contributed by atoms with Crippen LogP contribution < -0.4 is 5.73 Å². The average Bonchev–Trinajstić information content (AvgIpc) is 2.39. The zero-order chi connectivity index (χ0) is 13.2. The van der Waals surface area contributed by atoms with Crippen LogP contribution in [-0.4, -0.2) is 33.5 Å². The van der Waals surface area contributed by atoms with Crippen molar-refractivity contribution in [1.82, 2.24) is 0 Å². The molecule has 1 atom stereocenters. The number of rotatable bonds is 9. The molecule has 0 spiro atoms. The second-order valence-corrected chi connectivity index (χ2v) is 4.61. The van der Waals surface area contributed by atoms with Gasteiger partial charge in [0.2, 0.25) is 0 Å². The normalized spacial score (nSPS) is 12.6. The highest BCUT2D eigenvalue weighted by Gasteiger charge is 2.12. The van der Waals surface area contributed by atoms with Gasteiger partial charge < -0.3 is 15.2 Å². The van der Waals surface area contributed by atoms with Crippen molar-refractivity contribution in [2.24, 2.45) is 5.73 Å². The SMILES string of the molecule is COCCCOCCC(CN)c1ccccc1Cl. The summed E-state index contributed by atoms with van der Waals surface area (Å²) in [4.78, 5) is 0. The van der Waals surface area contributed by atoms with Gasteiger partial charge in [0.25, 0.3) is 0 Å². The van der Waals surface area contributed by atoms with Gasteiger partial charge in [-0.15, -0.1) is 0 Å². The van der Waals surface area contributed by atoms with Gasteiger partial charge in [0.15, 0.2) is 0 Å². The van der Waals surface area contributed by atoms with Gasteiger partial charge in [-0.1, -0.05) is 29.8 Å². The van der Waals surface area contributed by atoms with Crippen LogP contribution >= 0.6 is 11.6 Å². The van der Waals surface area contributed by atoms with Crippen LogP contribution in [0.2, 0.25) is 5.02 Å². The summed E-state index contributed by atoms with van der Waals surface area (Å²) in [5.74, 6) is 0.265. The van der Waals surface area contributed by atoms with Gasteiger partial charge in [-0.2, -0.15) is 0 Å². The van der Waals surface area contributed by atoms with Crippen LogP contribution in [0.1, 0.15) is 24.3 Å². The minimum atomic E-state index is 0.265. The Bertz CT molecular complexity index is 333. The molecule has 0 saturated heterocycles. The molecule has 1 aromatic rings. The predicted molar refractivity (Wildman–Crippen MR) is 75.2 cm³/mol. The highest BCUT2D eigenvalue weighted by atomic mass is 35.5. The van der Waals surface area contributed by atoms with E-state index in [1.165, 1.54) is 0 Å². The van der Waals surface area contributed by atoms with Crippen molar-refractivity contribution < 1.29 is 9.47 Å². The van der Waals surface area contributed by atoms with Gasteiger partial charge in [0.05, 0.1) is 0 Å². The smallest absolute Gasteiger partial charge is 0.0487 e. The first-order valence-corrected chi connectivity index (χ1v) is 6.68. The number of methoxy groups -OCH3 is 1. The van der Waals surface area contributed by atoms with E-state index in [1.54, 1.807) is 7.11 Å². The molecule has 1 unspecified atom stereocenters. The van der Waals surface area contributed by atoms with Crippen LogP contribution in [0.5, 0.6) is 0 Å². The van der Waals surface area contributed by atoms with Crippen LogP contribution in [0.15, 0.2) is 24.3 Å². The molecular formula is C14H22ClNO2. The quantitative estimate of drug-likeness (QED) is 0.703. The molecule has 3 nitrogen and oxygen atoms in total. The Kier molecular flexibility index (Phi) is 8.01. The summed E-state index contributed by atoms with van der Waals surface area (Å²) < 4.78 is 10.5. The van der Waals surface area contributed by atoms with Crippen molar-refractivity contribution in [2.75, 3.05) is 33.5 Å². The van der Waals surface area contributed by atoms with Crippen LogP contribution in [0.4, 0.5) is 0 Å². The second-order valence-electron chi connectivity index (χ2n) is 4.20. The first-order chi connectivity index (χ1) is 8.79. The Morgan fingerprint density at radius 1 is 1.22 bits per heavy atom. The molecule has 0 radical (unpaired) electrons. The summed E-state index contributed by atoms with van der Waals surface area (Å²) in [5, 5.41) is 0.785. The summed E-state index contributed by atoms with van der Waals surface area (Å²) in [6.07, 6.45) is 1.82. The highest BCUT2D eigenvalue weighted by Crippen LogP contribution is 2.26. The molecule has 0 aliphatic carbocycles. The van der Waals surface area contributed by atoms with E-state index < -0.39 is 0 Å². The van der Waals surface area contributed by atoms with Gasteiger partial charge in [0, 0.05) is 32.0 Å². The van der Waals surface area contributed by atoms with Gasteiger partial charge in [-0.25, -0.2) is 0 Å². The molecule has 0 fully saturated rings. The average molecular weight is 272 g/mol. The van der Waals surface area contributed by atoms with Crippen molar-refractivity contribution in [3.05, 3.63) is 34.9 Å². The van der Waals surface area contributed by atoms with Gasteiger partial charge in [-0.05, 0) is 36.9 Å². The number of hydrogen-bond acceptors (Lipinski definition) is 3. The first kappa shape index (κ1) is 15.4. The maximum absolute atomic E-state index is 6.17. The predicted octanol–water partition coefficient (Wildman–Crippen LogP) is 2.83. The maximum atomic E-state index is 6.17. The van der Waals surface area contributed by atoms with E-state index in [4.69, 9.17) is 26.8 Å². The molecule has 1 rings (SSSR count). The van der Waals surface area contributed by atoms with Crippen LogP contribution in [-0.2, 0) is 9.47 Å². The number of benzene rings is 1. The zero-order valence-corrected chi connectivity index (χ0v) is 11.7. The third-order valence-electron chi connectivity index (χ3n) is 2.88. The van der Waals surface area contributed by atoms with Crippen molar-refractivity contribution in [3.63, 3.8) is 0 Å². The minimum absolute atomic E-state index is 0.265. The van der Waals surface area contributed by atoms with E-state index in [9.17, 15) is 0 Å². The molecule has 102 valence electrons. The monoisotopic (exact) mass is 271 g/mol. The molecule has 0 saturated carbocycles. The molecule has 1 aromatic carbocycles. The summed E-state index contributed by atoms with van der Waals surface area (Å²) in [6, 6.07) is 7.85. The molecule has 0 bridgehead atoms. The molecule has 4 heteroatoms. The Hall–Kier alpha value is -0.610. The Balaban J connectivity index is 2.32. The third-order valence-corrected chi connectivity index (χ3v) is 3.22. The van der Waals surface area contributed by atoms with Gasteiger partial charge in [0.1, 0.15) is 0 Å². The third kappa shape index (κ3) is 5.36. The van der Waals surface area contributed by atoms with E-state index in [-0.39, 0.29) is 5.92 Å². The molecular weight excluding hydrogens is 250 g/mol. The lowest BCUT2D eigenvalue weighted by molar-refractivity contribution is 0.0984. The lowest BCUT2D eigenvalue weighted by Crippen LogP contribution is -2.15. The van der Waals surface area contributed by atoms with Crippen molar-refractivity contribution in [1.29, 1.82) is 0 Å². The standard InChI is InChI=1S/C14H22ClNO2/c1-17-8-4-9-18-10-7-12(11-16)13-5-2-3-6-14(13)15/h2-3,5-6,12H,4,7-11,16H2,1H3. The fourth-order valence-corrected chi connectivity index (χ4v) is 2.13. The van der Waals surface area contributed by atoms with Crippen molar-refractivity contribution in [2.45, 2.75) is 18.8 Å². The van der Waals surface area contributed by atoms with Crippen molar-refractivity contribution in [3.8, 4) is 0 Å². The Morgan fingerprint density at radius 3 is 2.67 bits per heavy atom. The maximum Gasteiger partial charge on any atom is 0.0487 e. The molecule has 0 aliphatic rings. The number of nitrogens with two attached hydrogens (primary N) is 1. The summed E-state index contributed by atoms with van der Waals surface area (Å²) in [6.45, 7) is 2.76. The van der Waals surface area contributed by atoms with E-state index in [1.807, 2.05) is 24.3 Å². The van der Waals surface area contributed by atoms with E-state index >= 15 is 0 Å². The van der Waals surface area contributed by atoms with E-state index in [0.29, 0.717) is 13.2 Å². The number of halogens is 1. The highest BCUT2D eigenvalue weighted by molar-refractivity contribution is 6.31. The molecule has 0 amide bonds. The van der Waals surface area contributed by atoms with Crippen LogP contribution in [0.3, 0.4) is 0 Å². The minimum Gasteiger partial charge on any atom is -0.385 e. The summed E-state index contributed by atoms with van der Waals surface area (Å²) in [7, 11) is 1.70. The lowest BCUT2D eigenvalue weighted by Gasteiger charge is -2.16. The number of hydrogen-bond donors (Lipinski definition) is 1. The molecule has 0 aliphatic heterocycles. The Labute approximate surface area is 114 Å². The molecule has 0 heterocycles. The first-order valence-electron chi connectivity index (χ1n) is 6.30. The second kappa shape index (κ2) is 9.34. The molecule has 18 heavy (non-hydrogen) atoms. The number of ether oxygens (including phenoxy) is 2. The summed E-state index contributed by atoms with van der Waals surface area (Å²) >= 11 is 6.17.